The van der Waals surface area contributed by atoms with Gasteiger partial charge in [0.2, 0.25) is 0 Å². The molecule has 2 heterocycles. The minimum Gasteiger partial charge on any atom is -0.336 e. The molecule has 2 aromatic carbocycles. The number of benzene rings is 2. The third kappa shape index (κ3) is 5.47. The van der Waals surface area contributed by atoms with Crippen molar-refractivity contribution >= 4 is 5.91 Å². The normalized spacial score (nSPS) is 15.5. The predicted octanol–water partition coefficient (Wildman–Crippen LogP) is 5.01. The number of aromatic nitrogens is 2. The van der Waals surface area contributed by atoms with Gasteiger partial charge >= 0.3 is 6.18 Å². The van der Waals surface area contributed by atoms with Crippen LogP contribution >= 0.6 is 0 Å². The quantitative estimate of drug-likeness (QED) is 0.534. The van der Waals surface area contributed by atoms with E-state index in [0.717, 1.165) is 12.1 Å². The molecule has 4 rings (SSSR count). The van der Waals surface area contributed by atoms with Crippen LogP contribution in [0.15, 0.2) is 53.1 Å². The Kier molecular flexibility index (Phi) is 6.49. The van der Waals surface area contributed by atoms with Crippen molar-refractivity contribution in [2.24, 2.45) is 0 Å². The molecule has 0 bridgehead atoms. The minimum absolute atomic E-state index is 0.0178. The summed E-state index contributed by atoms with van der Waals surface area (Å²) in [7, 11) is 0. The molecule has 6 nitrogen and oxygen atoms in total. The number of hydrogen-bond donors (Lipinski definition) is 0. The predicted molar refractivity (Wildman–Crippen MR) is 121 cm³/mol. The SMILES string of the molecule is CC(C)(C)c1ccc(C(=O)N2CCN(Cc3noc(-c4ccc(C(F)(F)F)cc4)n3)CC2)cc1. The van der Waals surface area contributed by atoms with Gasteiger partial charge in [-0.25, -0.2) is 0 Å². The Morgan fingerprint density at radius 2 is 1.50 bits per heavy atom. The fraction of sp³-hybridized carbons (Fsp3) is 0.400. The second-order valence-electron chi connectivity index (χ2n) is 9.49. The minimum atomic E-state index is -4.39. The Hall–Kier alpha value is -3.20. The van der Waals surface area contributed by atoms with Crippen LogP contribution in [-0.4, -0.2) is 52.0 Å². The molecule has 0 aliphatic carbocycles. The lowest BCUT2D eigenvalue weighted by Gasteiger charge is -2.34. The molecule has 1 fully saturated rings. The summed E-state index contributed by atoms with van der Waals surface area (Å²) < 4.78 is 43.4. The lowest BCUT2D eigenvalue weighted by Crippen LogP contribution is -2.48. The van der Waals surface area contributed by atoms with Crippen molar-refractivity contribution in [1.82, 2.24) is 19.9 Å². The van der Waals surface area contributed by atoms with Crippen LogP contribution in [0.2, 0.25) is 0 Å². The van der Waals surface area contributed by atoms with Crippen LogP contribution in [-0.2, 0) is 18.1 Å². The highest BCUT2D eigenvalue weighted by Gasteiger charge is 2.30. The fourth-order valence-corrected chi connectivity index (χ4v) is 3.84. The zero-order valence-electron chi connectivity index (χ0n) is 19.4. The topological polar surface area (TPSA) is 62.5 Å². The van der Waals surface area contributed by atoms with Gasteiger partial charge in [-0.2, -0.15) is 18.2 Å². The molecule has 1 saturated heterocycles. The van der Waals surface area contributed by atoms with Gasteiger partial charge in [-0.15, -0.1) is 0 Å². The summed E-state index contributed by atoms with van der Waals surface area (Å²) in [6, 6.07) is 12.4. The third-order valence-electron chi connectivity index (χ3n) is 5.95. The second-order valence-corrected chi connectivity index (χ2v) is 9.49. The molecule has 3 aromatic rings. The first-order chi connectivity index (χ1) is 16.0. The molecular formula is C25H27F3N4O2. The first-order valence-electron chi connectivity index (χ1n) is 11.1. The van der Waals surface area contributed by atoms with Crippen LogP contribution in [0.3, 0.4) is 0 Å². The summed E-state index contributed by atoms with van der Waals surface area (Å²) in [5.41, 5.74) is 1.60. The maximum Gasteiger partial charge on any atom is 0.416 e. The number of carbonyl (C=O) groups is 1. The standard InChI is InChI=1S/C25H27F3N4O2/c1-24(2,3)19-8-6-18(7-9-19)23(33)32-14-12-31(13-15-32)16-21-29-22(34-30-21)17-4-10-20(11-5-17)25(26,27)28/h4-11H,12-16H2,1-3H3. The molecule has 0 spiro atoms. The largest absolute Gasteiger partial charge is 0.416 e. The van der Waals surface area contributed by atoms with Gasteiger partial charge in [-0.3, -0.25) is 9.69 Å². The molecule has 1 amide bonds. The van der Waals surface area contributed by atoms with Gasteiger partial charge in [-0.1, -0.05) is 38.1 Å². The van der Waals surface area contributed by atoms with Gasteiger partial charge in [0, 0.05) is 37.3 Å². The highest BCUT2D eigenvalue weighted by Crippen LogP contribution is 2.30. The average Bonchev–Trinajstić information content (AvgIpc) is 3.27. The van der Waals surface area contributed by atoms with E-state index in [4.69, 9.17) is 4.52 Å². The molecule has 0 unspecified atom stereocenters. The van der Waals surface area contributed by atoms with E-state index < -0.39 is 11.7 Å². The van der Waals surface area contributed by atoms with Gasteiger partial charge in [-0.05, 0) is 47.4 Å². The number of amides is 1. The van der Waals surface area contributed by atoms with Crippen molar-refractivity contribution in [1.29, 1.82) is 0 Å². The summed E-state index contributed by atoms with van der Waals surface area (Å²) in [6.07, 6.45) is -4.39. The van der Waals surface area contributed by atoms with Crippen LogP contribution < -0.4 is 0 Å². The third-order valence-corrected chi connectivity index (χ3v) is 5.95. The van der Waals surface area contributed by atoms with E-state index >= 15 is 0 Å². The van der Waals surface area contributed by atoms with E-state index in [-0.39, 0.29) is 17.2 Å². The van der Waals surface area contributed by atoms with Gasteiger partial charge in [0.25, 0.3) is 11.8 Å². The van der Waals surface area contributed by atoms with Crippen molar-refractivity contribution in [2.45, 2.75) is 38.9 Å². The molecule has 0 N–H and O–H groups in total. The van der Waals surface area contributed by atoms with Crippen molar-refractivity contribution in [2.75, 3.05) is 26.2 Å². The smallest absolute Gasteiger partial charge is 0.336 e. The van der Waals surface area contributed by atoms with Gasteiger partial charge in [0.15, 0.2) is 5.82 Å². The summed E-state index contributed by atoms with van der Waals surface area (Å²) in [6.45, 7) is 9.35. The summed E-state index contributed by atoms with van der Waals surface area (Å²) in [4.78, 5) is 21.1. The molecule has 0 radical (unpaired) electrons. The lowest BCUT2D eigenvalue weighted by atomic mass is 9.86. The maximum absolute atomic E-state index is 12.9. The fourth-order valence-electron chi connectivity index (χ4n) is 3.84. The zero-order chi connectivity index (χ0) is 24.5. The number of rotatable bonds is 4. The van der Waals surface area contributed by atoms with Gasteiger partial charge in [0.05, 0.1) is 12.1 Å². The first-order valence-corrected chi connectivity index (χ1v) is 11.1. The molecule has 0 atom stereocenters. The highest BCUT2D eigenvalue weighted by atomic mass is 19.4. The van der Waals surface area contributed by atoms with E-state index in [1.54, 1.807) is 0 Å². The number of carbonyl (C=O) groups excluding carboxylic acids is 1. The van der Waals surface area contributed by atoms with Crippen LogP contribution in [0.4, 0.5) is 13.2 Å². The van der Waals surface area contributed by atoms with Crippen LogP contribution in [0.1, 0.15) is 48.1 Å². The van der Waals surface area contributed by atoms with Crippen LogP contribution in [0, 0.1) is 0 Å². The maximum atomic E-state index is 12.9. The van der Waals surface area contributed by atoms with Crippen molar-refractivity contribution in [3.63, 3.8) is 0 Å². The average molecular weight is 473 g/mol. The van der Waals surface area contributed by atoms with Gasteiger partial charge < -0.3 is 9.42 Å². The van der Waals surface area contributed by atoms with E-state index in [0.29, 0.717) is 49.7 Å². The van der Waals surface area contributed by atoms with Gasteiger partial charge in [0.1, 0.15) is 0 Å². The molecule has 34 heavy (non-hydrogen) atoms. The Morgan fingerprint density at radius 3 is 2.06 bits per heavy atom. The Morgan fingerprint density at radius 1 is 0.912 bits per heavy atom. The number of piperazine rings is 1. The molecular weight excluding hydrogens is 445 g/mol. The summed E-state index contributed by atoms with van der Waals surface area (Å²) >= 11 is 0. The zero-order valence-corrected chi connectivity index (χ0v) is 19.4. The lowest BCUT2D eigenvalue weighted by molar-refractivity contribution is -0.137. The molecule has 0 saturated carbocycles. The number of hydrogen-bond acceptors (Lipinski definition) is 5. The van der Waals surface area contributed by atoms with Crippen LogP contribution in [0.25, 0.3) is 11.5 Å². The first kappa shape index (κ1) is 23.9. The number of nitrogens with zero attached hydrogens (tertiary/aromatic N) is 4. The summed E-state index contributed by atoms with van der Waals surface area (Å²) in [5.74, 6) is 0.646. The monoisotopic (exact) mass is 472 g/mol. The van der Waals surface area contributed by atoms with Crippen LogP contribution in [0.5, 0.6) is 0 Å². The van der Waals surface area contributed by atoms with E-state index in [9.17, 15) is 18.0 Å². The highest BCUT2D eigenvalue weighted by molar-refractivity contribution is 5.94. The molecule has 1 aliphatic heterocycles. The molecule has 1 aliphatic rings. The van der Waals surface area contributed by atoms with E-state index in [1.165, 1.54) is 17.7 Å². The Labute approximate surface area is 196 Å². The Bertz CT molecular complexity index is 1120. The second kappa shape index (κ2) is 9.21. The van der Waals surface area contributed by atoms with Crippen molar-refractivity contribution in [3.8, 4) is 11.5 Å². The molecule has 180 valence electrons. The molecule has 1 aromatic heterocycles. The molecule has 9 heteroatoms. The number of alkyl halides is 3. The van der Waals surface area contributed by atoms with E-state index in [1.807, 2.05) is 29.2 Å². The number of halogens is 3. The Balaban J connectivity index is 1.31. The van der Waals surface area contributed by atoms with Crippen molar-refractivity contribution < 1.29 is 22.5 Å². The van der Waals surface area contributed by atoms with E-state index in [2.05, 4.69) is 35.8 Å². The summed E-state index contributed by atoms with van der Waals surface area (Å²) in [5, 5.41) is 3.96. The van der Waals surface area contributed by atoms with Crippen molar-refractivity contribution in [3.05, 3.63) is 71.0 Å².